The average Bonchev–Trinajstić information content (AvgIpc) is 3.15. The highest BCUT2D eigenvalue weighted by Gasteiger charge is 2.43. The fourth-order valence-electron chi connectivity index (χ4n) is 5.52. The van der Waals surface area contributed by atoms with Crippen molar-refractivity contribution in [1.29, 1.82) is 0 Å². The molecule has 0 radical (unpaired) electrons. The molecule has 1 aliphatic carbocycles. The third-order valence-electron chi connectivity index (χ3n) is 7.20. The molecule has 3 aliphatic rings. The minimum absolute atomic E-state index is 0.290. The second kappa shape index (κ2) is 8.36. The topological polar surface area (TPSA) is 69.4 Å². The number of ether oxygens (including phenoxy) is 1. The molecule has 1 spiro atoms. The number of aryl methyl sites for hydroxylation is 1. The van der Waals surface area contributed by atoms with Crippen molar-refractivity contribution in [1.82, 2.24) is 19.2 Å². The van der Waals surface area contributed by atoms with Crippen LogP contribution in [0.4, 0.5) is 0 Å². The Labute approximate surface area is 182 Å². The normalized spacial score (nSPS) is 24.5. The van der Waals surface area contributed by atoms with E-state index in [-0.39, 0.29) is 0 Å². The fraction of sp³-hybridized carbons (Fsp3) is 0.625. The van der Waals surface area contributed by atoms with Crippen LogP contribution in [-0.4, -0.2) is 37.9 Å². The zero-order valence-electron chi connectivity index (χ0n) is 18.4. The summed E-state index contributed by atoms with van der Waals surface area (Å²) in [6, 6.07) is 8.56. The van der Waals surface area contributed by atoms with Crippen molar-refractivity contribution < 1.29 is 4.74 Å². The van der Waals surface area contributed by atoms with Crippen molar-refractivity contribution >= 4 is 0 Å². The van der Waals surface area contributed by atoms with E-state index in [0.717, 1.165) is 38.9 Å². The number of hydrogen-bond acceptors (Lipinski definition) is 5. The summed E-state index contributed by atoms with van der Waals surface area (Å²) in [5.41, 5.74) is 1.21. The maximum Gasteiger partial charge on any atom is 0.332 e. The predicted molar refractivity (Wildman–Crippen MR) is 118 cm³/mol. The van der Waals surface area contributed by atoms with Crippen LogP contribution in [0.5, 0.6) is 0 Å². The van der Waals surface area contributed by atoms with Crippen molar-refractivity contribution in [2.24, 2.45) is 5.92 Å². The first-order valence-corrected chi connectivity index (χ1v) is 11.6. The fourth-order valence-corrected chi connectivity index (χ4v) is 5.52. The van der Waals surface area contributed by atoms with E-state index in [1.165, 1.54) is 35.1 Å². The summed E-state index contributed by atoms with van der Waals surface area (Å²) in [4.78, 5) is 28.1. The number of aromatic nitrogens is 3. The van der Waals surface area contributed by atoms with Gasteiger partial charge in [-0.1, -0.05) is 49.1 Å². The Morgan fingerprint density at radius 1 is 1.13 bits per heavy atom. The van der Waals surface area contributed by atoms with Gasteiger partial charge in [-0.2, -0.15) is 5.10 Å². The molecule has 1 saturated carbocycles. The molecule has 31 heavy (non-hydrogen) atoms. The van der Waals surface area contributed by atoms with E-state index < -0.39 is 16.7 Å². The van der Waals surface area contributed by atoms with Gasteiger partial charge in [0, 0.05) is 26.2 Å². The highest BCUT2D eigenvalue weighted by Crippen LogP contribution is 2.32. The molecule has 0 N–H and O–H groups in total. The lowest BCUT2D eigenvalue weighted by Crippen LogP contribution is -2.53. The van der Waals surface area contributed by atoms with E-state index in [0.29, 0.717) is 31.4 Å². The molecule has 7 nitrogen and oxygen atoms in total. The number of hydrogen-bond donors (Lipinski definition) is 0. The highest BCUT2D eigenvalue weighted by molar-refractivity contribution is 5.22. The van der Waals surface area contributed by atoms with Gasteiger partial charge >= 0.3 is 11.1 Å². The van der Waals surface area contributed by atoms with Crippen LogP contribution in [0.2, 0.25) is 0 Å². The van der Waals surface area contributed by atoms with Crippen molar-refractivity contribution in [3.05, 3.63) is 61.9 Å². The molecule has 1 saturated heterocycles. The van der Waals surface area contributed by atoms with Crippen LogP contribution in [-0.2, 0) is 31.0 Å². The Balaban J connectivity index is 1.32. The molecule has 0 amide bonds. The molecule has 0 bridgehead atoms. The number of rotatable bonds is 4. The SMILES string of the molecule is Cc1cccc(CN2CC[C@]3(C2)Cn2c(nn(CC4CCCCC4)c(=O)c2=O)CO3)c1. The van der Waals surface area contributed by atoms with Gasteiger partial charge in [0.05, 0.1) is 6.54 Å². The molecule has 166 valence electrons. The third kappa shape index (κ3) is 4.26. The van der Waals surface area contributed by atoms with Crippen molar-refractivity contribution in [2.75, 3.05) is 13.1 Å². The van der Waals surface area contributed by atoms with Gasteiger partial charge in [0.1, 0.15) is 12.2 Å². The zero-order valence-corrected chi connectivity index (χ0v) is 18.4. The minimum Gasteiger partial charge on any atom is -0.364 e. The van der Waals surface area contributed by atoms with Crippen LogP contribution < -0.4 is 11.1 Å². The lowest BCUT2D eigenvalue weighted by Gasteiger charge is -2.35. The number of likely N-dealkylation sites (tertiary alicyclic amines) is 1. The molecule has 1 atom stereocenters. The van der Waals surface area contributed by atoms with Crippen LogP contribution in [0, 0.1) is 12.8 Å². The van der Waals surface area contributed by atoms with E-state index in [1.54, 1.807) is 4.57 Å². The summed E-state index contributed by atoms with van der Waals surface area (Å²) >= 11 is 0. The maximum absolute atomic E-state index is 12.9. The summed E-state index contributed by atoms with van der Waals surface area (Å²) in [5.74, 6) is 1.03. The van der Waals surface area contributed by atoms with Crippen LogP contribution in [0.3, 0.4) is 0 Å². The molecule has 0 unspecified atom stereocenters. The highest BCUT2D eigenvalue weighted by atomic mass is 16.5. The molecule has 1 aromatic carbocycles. The Kier molecular flexibility index (Phi) is 5.56. The van der Waals surface area contributed by atoms with Crippen LogP contribution in [0.25, 0.3) is 0 Å². The Morgan fingerprint density at radius 3 is 2.77 bits per heavy atom. The van der Waals surface area contributed by atoms with Gasteiger partial charge in [0.25, 0.3) is 0 Å². The molecule has 2 aromatic rings. The summed E-state index contributed by atoms with van der Waals surface area (Å²) < 4.78 is 9.29. The summed E-state index contributed by atoms with van der Waals surface area (Å²) in [6.45, 7) is 5.92. The minimum atomic E-state index is -0.485. The number of nitrogens with zero attached hydrogens (tertiary/aromatic N) is 4. The van der Waals surface area contributed by atoms with E-state index in [2.05, 4.69) is 41.2 Å². The smallest absolute Gasteiger partial charge is 0.332 e. The molecular formula is C24H32N4O3. The Morgan fingerprint density at radius 2 is 1.97 bits per heavy atom. The molecule has 1 aromatic heterocycles. The molecule has 2 aliphatic heterocycles. The van der Waals surface area contributed by atoms with Gasteiger partial charge in [-0.15, -0.1) is 0 Å². The Bertz CT molecular complexity index is 1070. The van der Waals surface area contributed by atoms with E-state index in [1.807, 2.05) is 0 Å². The van der Waals surface area contributed by atoms with Gasteiger partial charge in [0.2, 0.25) is 0 Å². The summed E-state index contributed by atoms with van der Waals surface area (Å²) in [7, 11) is 0. The van der Waals surface area contributed by atoms with Crippen molar-refractivity contribution in [2.45, 2.75) is 77.3 Å². The van der Waals surface area contributed by atoms with Crippen molar-refractivity contribution in [3.63, 3.8) is 0 Å². The summed E-state index contributed by atoms with van der Waals surface area (Å²) in [6.07, 6.45) is 6.76. The van der Waals surface area contributed by atoms with Gasteiger partial charge < -0.3 is 4.74 Å². The first-order chi connectivity index (χ1) is 15.0. The average molecular weight is 425 g/mol. The van der Waals surface area contributed by atoms with Crippen LogP contribution in [0.15, 0.2) is 33.9 Å². The molecule has 7 heteroatoms. The first kappa shape index (κ1) is 20.6. The van der Waals surface area contributed by atoms with E-state index in [9.17, 15) is 9.59 Å². The van der Waals surface area contributed by atoms with E-state index >= 15 is 0 Å². The van der Waals surface area contributed by atoms with Crippen LogP contribution >= 0.6 is 0 Å². The zero-order chi connectivity index (χ0) is 21.4. The quantitative estimate of drug-likeness (QED) is 0.706. The Hall–Kier alpha value is -2.25. The molecule has 5 rings (SSSR count). The second-order valence-corrected chi connectivity index (χ2v) is 9.72. The molecule has 2 fully saturated rings. The standard InChI is InChI=1S/C24H32N4O3/c1-18-6-5-9-20(12-18)13-26-11-10-24(16-26)17-27-21(15-31-24)25-28(23(30)22(27)29)14-19-7-3-2-4-8-19/h5-6,9,12,19H,2-4,7-8,10-11,13-17H2,1H3/t24-/m0/s1. The van der Waals surface area contributed by atoms with E-state index in [4.69, 9.17) is 4.74 Å². The monoisotopic (exact) mass is 424 g/mol. The van der Waals surface area contributed by atoms with Gasteiger partial charge in [-0.25, -0.2) is 4.68 Å². The second-order valence-electron chi connectivity index (χ2n) is 9.72. The van der Waals surface area contributed by atoms with Crippen LogP contribution in [0.1, 0.15) is 55.5 Å². The largest absolute Gasteiger partial charge is 0.364 e. The van der Waals surface area contributed by atoms with Crippen molar-refractivity contribution in [3.8, 4) is 0 Å². The summed E-state index contributed by atoms with van der Waals surface area (Å²) in [5, 5.41) is 4.55. The first-order valence-electron chi connectivity index (χ1n) is 11.6. The predicted octanol–water partition coefficient (Wildman–Crippen LogP) is 2.47. The number of fused-ring (bicyclic) bond motifs is 1. The van der Waals surface area contributed by atoms with Gasteiger partial charge in [-0.3, -0.25) is 19.1 Å². The molecular weight excluding hydrogens is 392 g/mol. The third-order valence-corrected chi connectivity index (χ3v) is 7.20. The lowest BCUT2D eigenvalue weighted by molar-refractivity contribution is -0.0860. The van der Waals surface area contributed by atoms with Gasteiger partial charge in [-0.05, 0) is 37.7 Å². The number of benzene rings is 1. The lowest BCUT2D eigenvalue weighted by atomic mass is 9.89. The van der Waals surface area contributed by atoms with Gasteiger partial charge in [0.15, 0.2) is 5.82 Å². The maximum atomic E-state index is 12.9. The molecule has 3 heterocycles.